The van der Waals surface area contributed by atoms with Crippen LogP contribution in [0.3, 0.4) is 0 Å². The number of aromatic amines is 1. The van der Waals surface area contributed by atoms with Crippen molar-refractivity contribution in [1.29, 1.82) is 0 Å². The molecule has 1 saturated heterocycles. The first kappa shape index (κ1) is 18.3. The van der Waals surface area contributed by atoms with Crippen LogP contribution >= 0.6 is 0 Å². The number of nitrogens with zero attached hydrogens (tertiary/aromatic N) is 2. The van der Waals surface area contributed by atoms with E-state index in [1.54, 1.807) is 31.3 Å². The van der Waals surface area contributed by atoms with E-state index in [0.717, 1.165) is 24.1 Å². The molecule has 0 saturated carbocycles. The van der Waals surface area contributed by atoms with Gasteiger partial charge in [-0.15, -0.1) is 0 Å². The highest BCUT2D eigenvalue weighted by molar-refractivity contribution is 6.04. The predicted molar refractivity (Wildman–Crippen MR) is 104 cm³/mol. The summed E-state index contributed by atoms with van der Waals surface area (Å²) in [7, 11) is 1.64. The van der Waals surface area contributed by atoms with Crippen LogP contribution in [0.15, 0.2) is 24.3 Å². The van der Waals surface area contributed by atoms with Gasteiger partial charge in [-0.1, -0.05) is 24.8 Å². The minimum atomic E-state index is -1.64. The van der Waals surface area contributed by atoms with E-state index >= 15 is 0 Å². The molecule has 1 aliphatic heterocycles. The molecule has 144 valence electrons. The van der Waals surface area contributed by atoms with E-state index in [9.17, 15) is 14.7 Å². The third-order valence-corrected chi connectivity index (χ3v) is 5.32. The van der Waals surface area contributed by atoms with Crippen LogP contribution < -0.4 is 5.32 Å². The maximum absolute atomic E-state index is 12.6. The number of H-pyrrole nitrogens is 1. The molecular weight excluding hydrogens is 356 g/mol. The SMILES string of the molecule is C[C@@H]1Cc2[nH]nc(C(=O)Nc3cccc(C#C[C@]4(O)CCN(C)C4=O)c3)c2C1. The summed E-state index contributed by atoms with van der Waals surface area (Å²) in [5, 5.41) is 20.4. The zero-order valence-corrected chi connectivity index (χ0v) is 15.9. The molecule has 2 aromatic rings. The number of hydrogen-bond acceptors (Lipinski definition) is 4. The fourth-order valence-electron chi connectivity index (χ4n) is 3.76. The fraction of sp³-hybridized carbons (Fsp3) is 0.381. The number of aromatic nitrogens is 2. The molecular formula is C21H22N4O3. The average molecular weight is 378 g/mol. The molecule has 1 aromatic heterocycles. The maximum atomic E-state index is 12.6. The van der Waals surface area contributed by atoms with Gasteiger partial charge in [-0.3, -0.25) is 14.7 Å². The summed E-state index contributed by atoms with van der Waals surface area (Å²) < 4.78 is 0. The second kappa shape index (κ2) is 6.80. The Bertz CT molecular complexity index is 1020. The normalized spacial score (nSPS) is 23.3. The number of nitrogens with one attached hydrogen (secondary N) is 2. The van der Waals surface area contributed by atoms with Crippen LogP contribution in [0.1, 0.15) is 40.7 Å². The van der Waals surface area contributed by atoms with Crippen molar-refractivity contribution in [3.05, 3.63) is 46.8 Å². The van der Waals surface area contributed by atoms with E-state index in [1.807, 2.05) is 0 Å². The fourth-order valence-corrected chi connectivity index (χ4v) is 3.76. The van der Waals surface area contributed by atoms with Crippen molar-refractivity contribution < 1.29 is 14.7 Å². The number of hydrogen-bond donors (Lipinski definition) is 3. The largest absolute Gasteiger partial charge is 0.369 e. The molecule has 2 heterocycles. The van der Waals surface area contributed by atoms with Gasteiger partial charge in [0.25, 0.3) is 11.8 Å². The Morgan fingerprint density at radius 3 is 3.00 bits per heavy atom. The van der Waals surface area contributed by atoms with Crippen molar-refractivity contribution in [2.24, 2.45) is 5.92 Å². The third kappa shape index (κ3) is 3.27. The standard InChI is InChI=1S/C21H22N4O3/c1-13-10-16-17(11-13)23-24-18(16)19(26)22-15-5-3-4-14(12-15)6-7-21(28)8-9-25(2)20(21)27/h3-5,12-13,28H,8-11H2,1-2H3,(H,22,26)(H,23,24)/t13-,21-/m0/s1. The molecule has 0 bridgehead atoms. The van der Waals surface area contributed by atoms with Crippen LogP contribution in [0.5, 0.6) is 0 Å². The van der Waals surface area contributed by atoms with E-state index < -0.39 is 5.60 Å². The van der Waals surface area contributed by atoms with E-state index in [2.05, 4.69) is 34.3 Å². The zero-order valence-electron chi connectivity index (χ0n) is 15.9. The summed E-state index contributed by atoms with van der Waals surface area (Å²) in [4.78, 5) is 26.1. The Morgan fingerprint density at radius 1 is 1.43 bits per heavy atom. The van der Waals surface area contributed by atoms with E-state index in [0.29, 0.717) is 29.4 Å². The first-order valence-electron chi connectivity index (χ1n) is 9.34. The number of carbonyl (C=O) groups is 2. The Hall–Kier alpha value is -3.11. The van der Waals surface area contributed by atoms with Crippen LogP contribution in [0.25, 0.3) is 0 Å². The second-order valence-corrected chi connectivity index (χ2v) is 7.66. The molecule has 2 atom stereocenters. The number of likely N-dealkylation sites (N-methyl/N-ethyl adjacent to an activating group) is 1. The molecule has 3 N–H and O–H groups in total. The van der Waals surface area contributed by atoms with Crippen molar-refractivity contribution in [2.75, 3.05) is 18.9 Å². The molecule has 1 aliphatic carbocycles. The molecule has 0 unspecified atom stereocenters. The first-order chi connectivity index (χ1) is 13.4. The highest BCUT2D eigenvalue weighted by Crippen LogP contribution is 2.27. The van der Waals surface area contributed by atoms with Crippen LogP contribution in [0.4, 0.5) is 5.69 Å². The van der Waals surface area contributed by atoms with Gasteiger partial charge in [0.2, 0.25) is 5.60 Å². The Kier molecular flexibility index (Phi) is 4.44. The number of aliphatic hydroxyl groups is 1. The Morgan fingerprint density at radius 2 is 2.25 bits per heavy atom. The van der Waals surface area contributed by atoms with Gasteiger partial charge in [0, 0.05) is 42.5 Å². The molecule has 1 fully saturated rings. The van der Waals surface area contributed by atoms with Crippen LogP contribution in [0.2, 0.25) is 0 Å². The molecule has 0 spiro atoms. The van der Waals surface area contributed by atoms with E-state index in [-0.39, 0.29) is 18.2 Å². The number of rotatable bonds is 2. The van der Waals surface area contributed by atoms with E-state index in [1.165, 1.54) is 4.90 Å². The average Bonchev–Trinajstić information content (AvgIpc) is 3.29. The highest BCUT2D eigenvalue weighted by atomic mass is 16.3. The van der Waals surface area contributed by atoms with Gasteiger partial charge in [0.15, 0.2) is 5.69 Å². The van der Waals surface area contributed by atoms with Crippen molar-refractivity contribution in [3.63, 3.8) is 0 Å². The third-order valence-electron chi connectivity index (χ3n) is 5.32. The molecule has 0 radical (unpaired) electrons. The number of amides is 2. The summed E-state index contributed by atoms with van der Waals surface area (Å²) in [6.07, 6.45) is 2.05. The molecule has 2 aliphatic rings. The lowest BCUT2D eigenvalue weighted by molar-refractivity contribution is -0.137. The lowest BCUT2D eigenvalue weighted by Crippen LogP contribution is -2.37. The van der Waals surface area contributed by atoms with Crippen LogP contribution in [-0.2, 0) is 17.6 Å². The molecule has 1 aromatic carbocycles. The smallest absolute Gasteiger partial charge is 0.276 e. The topological polar surface area (TPSA) is 98.3 Å². The van der Waals surface area contributed by atoms with Gasteiger partial charge in [0.1, 0.15) is 0 Å². The van der Waals surface area contributed by atoms with E-state index in [4.69, 9.17) is 0 Å². The van der Waals surface area contributed by atoms with Gasteiger partial charge in [0.05, 0.1) is 0 Å². The Balaban J connectivity index is 1.50. The quantitative estimate of drug-likeness (QED) is 0.687. The van der Waals surface area contributed by atoms with Gasteiger partial charge >= 0.3 is 0 Å². The predicted octanol–water partition coefficient (Wildman–Crippen LogP) is 1.34. The molecule has 4 rings (SSSR count). The molecule has 7 heteroatoms. The van der Waals surface area contributed by atoms with Crippen molar-refractivity contribution in [1.82, 2.24) is 15.1 Å². The number of fused-ring (bicyclic) bond motifs is 1. The Labute approximate surface area is 163 Å². The van der Waals surface area contributed by atoms with Crippen molar-refractivity contribution >= 4 is 17.5 Å². The molecule has 28 heavy (non-hydrogen) atoms. The zero-order chi connectivity index (χ0) is 19.9. The lowest BCUT2D eigenvalue weighted by Gasteiger charge is -2.13. The molecule has 7 nitrogen and oxygen atoms in total. The van der Waals surface area contributed by atoms with Gasteiger partial charge in [-0.2, -0.15) is 5.10 Å². The number of benzene rings is 1. The lowest BCUT2D eigenvalue weighted by atomic mass is 10.0. The minimum absolute atomic E-state index is 0.261. The highest BCUT2D eigenvalue weighted by Gasteiger charge is 2.42. The first-order valence-corrected chi connectivity index (χ1v) is 9.34. The maximum Gasteiger partial charge on any atom is 0.276 e. The summed E-state index contributed by atoms with van der Waals surface area (Å²) in [5.41, 5.74) is 2.02. The van der Waals surface area contributed by atoms with Crippen molar-refractivity contribution in [3.8, 4) is 11.8 Å². The summed E-state index contributed by atoms with van der Waals surface area (Å²) in [6.45, 7) is 2.63. The van der Waals surface area contributed by atoms with Crippen LogP contribution in [0, 0.1) is 17.8 Å². The van der Waals surface area contributed by atoms with Gasteiger partial charge < -0.3 is 15.3 Å². The number of anilines is 1. The summed E-state index contributed by atoms with van der Waals surface area (Å²) in [6, 6.07) is 7.01. The van der Waals surface area contributed by atoms with Gasteiger partial charge in [-0.05, 0) is 37.0 Å². The minimum Gasteiger partial charge on any atom is -0.369 e. The molecule has 2 amide bonds. The monoisotopic (exact) mass is 378 g/mol. The van der Waals surface area contributed by atoms with Crippen molar-refractivity contribution in [2.45, 2.75) is 31.8 Å². The van der Waals surface area contributed by atoms with Gasteiger partial charge in [-0.25, -0.2) is 0 Å². The summed E-state index contributed by atoms with van der Waals surface area (Å²) >= 11 is 0. The second-order valence-electron chi connectivity index (χ2n) is 7.66. The number of carbonyl (C=O) groups excluding carboxylic acids is 2. The summed E-state index contributed by atoms with van der Waals surface area (Å²) in [5.74, 6) is 5.41. The number of likely N-dealkylation sites (tertiary alicyclic amines) is 1. The van der Waals surface area contributed by atoms with Crippen LogP contribution in [-0.4, -0.2) is 51.2 Å².